The van der Waals surface area contributed by atoms with E-state index in [-0.39, 0.29) is 11.7 Å². The summed E-state index contributed by atoms with van der Waals surface area (Å²) in [6, 6.07) is 16.4. The van der Waals surface area contributed by atoms with Gasteiger partial charge in [0.15, 0.2) is 6.61 Å². The van der Waals surface area contributed by atoms with Crippen molar-refractivity contribution in [1.29, 1.82) is 0 Å². The highest BCUT2D eigenvalue weighted by Gasteiger charge is 2.33. The zero-order valence-electron chi connectivity index (χ0n) is 17.6. The van der Waals surface area contributed by atoms with E-state index in [1.165, 1.54) is 13.0 Å². The van der Waals surface area contributed by atoms with Gasteiger partial charge in [-0.2, -0.15) is 0 Å². The molecule has 1 fully saturated rings. The van der Waals surface area contributed by atoms with Crippen molar-refractivity contribution in [1.82, 2.24) is 10.6 Å². The van der Waals surface area contributed by atoms with Crippen molar-refractivity contribution in [2.45, 2.75) is 25.8 Å². The Morgan fingerprint density at radius 2 is 1.74 bits per heavy atom. The van der Waals surface area contributed by atoms with Crippen molar-refractivity contribution in [3.05, 3.63) is 71.4 Å². The van der Waals surface area contributed by atoms with E-state index in [1.54, 1.807) is 19.2 Å². The molecule has 0 aromatic heterocycles. The second-order valence-electron chi connectivity index (χ2n) is 7.38. The summed E-state index contributed by atoms with van der Waals surface area (Å²) in [6.45, 7) is 0.859. The van der Waals surface area contributed by atoms with Crippen LogP contribution in [0.4, 0.5) is 0 Å². The van der Waals surface area contributed by atoms with Crippen molar-refractivity contribution in [3.63, 3.8) is 0 Å². The molecule has 1 unspecified atom stereocenters. The van der Waals surface area contributed by atoms with Crippen LogP contribution in [0.2, 0.25) is 0 Å². The number of carbonyl (C=O) groups is 3. The molecule has 7 nitrogen and oxygen atoms in total. The number of carbonyl (C=O) groups excluding carboxylic acids is 3. The van der Waals surface area contributed by atoms with Crippen molar-refractivity contribution in [2.75, 3.05) is 13.7 Å². The summed E-state index contributed by atoms with van der Waals surface area (Å²) in [5.41, 5.74) is 1.67. The van der Waals surface area contributed by atoms with E-state index in [1.807, 2.05) is 42.5 Å². The van der Waals surface area contributed by atoms with Gasteiger partial charge in [0.05, 0.1) is 13.2 Å². The van der Waals surface area contributed by atoms with Crippen LogP contribution in [-0.2, 0) is 19.1 Å². The number of rotatable bonds is 9. The highest BCUT2D eigenvalue weighted by atomic mass is 16.5. The third-order valence-electron chi connectivity index (χ3n) is 4.86. The maximum Gasteiger partial charge on any atom is 0.355 e. The molecule has 7 heteroatoms. The molecule has 1 atom stereocenters. The number of methoxy groups -OCH3 is 1. The molecule has 2 aromatic carbocycles. The van der Waals surface area contributed by atoms with Gasteiger partial charge in [0.2, 0.25) is 5.91 Å². The van der Waals surface area contributed by atoms with Crippen LogP contribution >= 0.6 is 0 Å². The summed E-state index contributed by atoms with van der Waals surface area (Å²) in [7, 11) is 1.60. The Hall–Kier alpha value is -3.61. The van der Waals surface area contributed by atoms with Crippen LogP contribution in [0, 0.1) is 5.92 Å². The van der Waals surface area contributed by atoms with Gasteiger partial charge in [-0.05, 0) is 48.1 Å². The SMILES string of the molecule is COc1ccc(C(NC(=O)COC(=O)/C(=C/c2ccccc2)NC(C)=O)C2CC2)cc1. The molecule has 1 aliphatic rings. The van der Waals surface area contributed by atoms with Gasteiger partial charge in [-0.3, -0.25) is 9.59 Å². The third kappa shape index (κ3) is 6.70. The zero-order chi connectivity index (χ0) is 22.2. The predicted octanol–water partition coefficient (Wildman–Crippen LogP) is 2.98. The van der Waals surface area contributed by atoms with Crippen LogP contribution in [0.15, 0.2) is 60.3 Å². The van der Waals surface area contributed by atoms with Gasteiger partial charge < -0.3 is 20.1 Å². The van der Waals surface area contributed by atoms with Gasteiger partial charge in [-0.25, -0.2) is 4.79 Å². The van der Waals surface area contributed by atoms with Crippen molar-refractivity contribution < 1.29 is 23.9 Å². The molecule has 162 valence electrons. The Balaban J connectivity index is 1.61. The van der Waals surface area contributed by atoms with E-state index < -0.39 is 24.4 Å². The molecule has 2 aromatic rings. The van der Waals surface area contributed by atoms with Crippen LogP contribution in [0.1, 0.15) is 36.9 Å². The quantitative estimate of drug-likeness (QED) is 0.479. The fourth-order valence-electron chi connectivity index (χ4n) is 3.19. The van der Waals surface area contributed by atoms with Crippen molar-refractivity contribution >= 4 is 23.9 Å². The first-order valence-electron chi connectivity index (χ1n) is 10.1. The molecule has 2 amide bonds. The number of nitrogens with one attached hydrogen (secondary N) is 2. The standard InChI is InChI=1S/C24H26N2O5/c1-16(27)25-21(14-17-6-4-3-5-7-17)24(29)31-15-22(28)26-23(18-8-9-18)19-10-12-20(30-2)13-11-19/h3-7,10-14,18,23H,8-9,15H2,1-2H3,(H,25,27)(H,26,28)/b21-14-. The topological polar surface area (TPSA) is 93.7 Å². The first kappa shape index (κ1) is 22.1. The lowest BCUT2D eigenvalue weighted by atomic mass is 10.0. The number of ether oxygens (including phenoxy) is 2. The Bertz CT molecular complexity index is 950. The van der Waals surface area contributed by atoms with Gasteiger partial charge in [-0.15, -0.1) is 0 Å². The summed E-state index contributed by atoms with van der Waals surface area (Å²) >= 11 is 0. The van der Waals surface area contributed by atoms with Crippen LogP contribution in [-0.4, -0.2) is 31.5 Å². The Morgan fingerprint density at radius 1 is 1.06 bits per heavy atom. The molecule has 1 aliphatic carbocycles. The van der Waals surface area contributed by atoms with Crippen LogP contribution in [0.3, 0.4) is 0 Å². The van der Waals surface area contributed by atoms with E-state index >= 15 is 0 Å². The number of amides is 2. The second kappa shape index (κ2) is 10.4. The normalized spacial score (nSPS) is 14.3. The summed E-state index contributed by atoms with van der Waals surface area (Å²) in [5.74, 6) is -0.475. The van der Waals surface area contributed by atoms with E-state index in [2.05, 4.69) is 10.6 Å². The third-order valence-corrected chi connectivity index (χ3v) is 4.86. The Morgan fingerprint density at radius 3 is 2.32 bits per heavy atom. The highest BCUT2D eigenvalue weighted by Crippen LogP contribution is 2.41. The van der Waals surface area contributed by atoms with Crippen molar-refractivity contribution in [3.8, 4) is 5.75 Å². The molecule has 2 N–H and O–H groups in total. The minimum Gasteiger partial charge on any atom is -0.497 e. The zero-order valence-corrected chi connectivity index (χ0v) is 17.6. The van der Waals surface area contributed by atoms with E-state index in [4.69, 9.17) is 9.47 Å². The summed E-state index contributed by atoms with van der Waals surface area (Å²) in [6.07, 6.45) is 3.57. The monoisotopic (exact) mass is 422 g/mol. The molecule has 1 saturated carbocycles. The molecular weight excluding hydrogens is 396 g/mol. The van der Waals surface area contributed by atoms with E-state index in [9.17, 15) is 14.4 Å². The van der Waals surface area contributed by atoms with Gasteiger partial charge in [0, 0.05) is 6.92 Å². The molecule has 0 bridgehead atoms. The van der Waals surface area contributed by atoms with E-state index in [0.717, 1.165) is 29.7 Å². The maximum atomic E-state index is 12.5. The molecule has 31 heavy (non-hydrogen) atoms. The molecule has 0 saturated heterocycles. The average Bonchev–Trinajstić information content (AvgIpc) is 3.61. The number of hydrogen-bond donors (Lipinski definition) is 2. The maximum absolute atomic E-state index is 12.5. The highest BCUT2D eigenvalue weighted by molar-refractivity contribution is 5.98. The smallest absolute Gasteiger partial charge is 0.355 e. The van der Waals surface area contributed by atoms with Crippen LogP contribution in [0.25, 0.3) is 6.08 Å². The summed E-state index contributed by atoms with van der Waals surface area (Å²) < 4.78 is 10.3. The van der Waals surface area contributed by atoms with Crippen LogP contribution < -0.4 is 15.4 Å². The molecule has 0 aliphatic heterocycles. The van der Waals surface area contributed by atoms with Crippen molar-refractivity contribution in [2.24, 2.45) is 5.92 Å². The van der Waals surface area contributed by atoms with E-state index in [0.29, 0.717) is 5.92 Å². The summed E-state index contributed by atoms with van der Waals surface area (Å²) in [5, 5.41) is 5.42. The first-order chi connectivity index (χ1) is 15.0. The lowest BCUT2D eigenvalue weighted by Crippen LogP contribution is -2.34. The van der Waals surface area contributed by atoms with Gasteiger partial charge in [-0.1, -0.05) is 42.5 Å². The lowest BCUT2D eigenvalue weighted by molar-refractivity contribution is -0.145. The lowest BCUT2D eigenvalue weighted by Gasteiger charge is -2.19. The average molecular weight is 422 g/mol. The number of benzene rings is 2. The fourth-order valence-corrected chi connectivity index (χ4v) is 3.19. The predicted molar refractivity (Wildman–Crippen MR) is 116 cm³/mol. The van der Waals surface area contributed by atoms with Gasteiger partial charge in [0.25, 0.3) is 5.91 Å². The molecule has 0 spiro atoms. The minimum atomic E-state index is -0.776. The minimum absolute atomic E-state index is 0.0274. The summed E-state index contributed by atoms with van der Waals surface area (Å²) in [4.78, 5) is 36.4. The molecule has 3 rings (SSSR count). The Labute approximate surface area is 181 Å². The first-order valence-corrected chi connectivity index (χ1v) is 10.1. The fraction of sp³-hybridized carbons (Fsp3) is 0.292. The largest absolute Gasteiger partial charge is 0.497 e. The second-order valence-corrected chi connectivity index (χ2v) is 7.38. The number of hydrogen-bond acceptors (Lipinski definition) is 5. The van der Waals surface area contributed by atoms with Gasteiger partial charge >= 0.3 is 5.97 Å². The number of esters is 1. The molecule has 0 heterocycles. The Kier molecular flexibility index (Phi) is 7.43. The van der Waals surface area contributed by atoms with Crippen LogP contribution in [0.5, 0.6) is 5.75 Å². The van der Waals surface area contributed by atoms with Gasteiger partial charge in [0.1, 0.15) is 11.4 Å². The molecular formula is C24H26N2O5. The molecule has 0 radical (unpaired) electrons.